The molecule has 0 radical (unpaired) electrons. The van der Waals surface area contributed by atoms with E-state index in [0.29, 0.717) is 25.2 Å². The second-order valence-electron chi connectivity index (χ2n) is 6.86. The summed E-state index contributed by atoms with van der Waals surface area (Å²) < 4.78 is 3.51. The lowest BCUT2D eigenvalue weighted by Crippen LogP contribution is -2.26. The summed E-state index contributed by atoms with van der Waals surface area (Å²) in [6, 6.07) is 18.0. The van der Waals surface area contributed by atoms with Gasteiger partial charge < -0.3 is 5.32 Å². The Kier molecular flexibility index (Phi) is 5.47. The predicted octanol–water partition coefficient (Wildman–Crippen LogP) is 2.79. The van der Waals surface area contributed by atoms with Gasteiger partial charge in [-0.2, -0.15) is 5.10 Å². The average Bonchev–Trinajstić information content (AvgIpc) is 3.40. The third-order valence-electron chi connectivity index (χ3n) is 4.72. The fourth-order valence-corrected chi connectivity index (χ4v) is 3.06. The van der Waals surface area contributed by atoms with Gasteiger partial charge in [-0.3, -0.25) is 4.79 Å². The summed E-state index contributed by atoms with van der Waals surface area (Å²) in [6.07, 6.45) is 6.16. The average molecular weight is 386 g/mol. The van der Waals surface area contributed by atoms with E-state index in [0.717, 1.165) is 16.8 Å². The van der Waals surface area contributed by atoms with Crippen LogP contribution in [0.15, 0.2) is 73.2 Å². The smallest absolute Gasteiger partial charge is 0.273 e. The van der Waals surface area contributed by atoms with Gasteiger partial charge in [0.25, 0.3) is 5.91 Å². The second kappa shape index (κ2) is 8.52. The van der Waals surface area contributed by atoms with Crippen LogP contribution in [0.25, 0.3) is 5.69 Å². The molecule has 0 aliphatic rings. The molecule has 0 fully saturated rings. The van der Waals surface area contributed by atoms with Crippen LogP contribution in [0, 0.1) is 6.92 Å². The van der Waals surface area contributed by atoms with Crippen molar-refractivity contribution in [2.75, 3.05) is 6.54 Å². The van der Waals surface area contributed by atoms with Crippen LogP contribution in [0.1, 0.15) is 27.2 Å². The van der Waals surface area contributed by atoms with Crippen LogP contribution in [0.5, 0.6) is 0 Å². The first-order valence-electron chi connectivity index (χ1n) is 9.51. The van der Waals surface area contributed by atoms with Gasteiger partial charge in [0.1, 0.15) is 0 Å². The molecule has 0 saturated heterocycles. The maximum absolute atomic E-state index is 12.3. The van der Waals surface area contributed by atoms with E-state index in [9.17, 15) is 4.79 Å². The van der Waals surface area contributed by atoms with Crippen molar-refractivity contribution < 1.29 is 4.79 Å². The van der Waals surface area contributed by atoms with Crippen molar-refractivity contribution in [2.45, 2.75) is 19.9 Å². The van der Waals surface area contributed by atoms with E-state index in [4.69, 9.17) is 0 Å². The Morgan fingerprint density at radius 3 is 2.66 bits per heavy atom. The molecule has 2 aromatic heterocycles. The summed E-state index contributed by atoms with van der Waals surface area (Å²) in [6.45, 7) is 3.15. The van der Waals surface area contributed by atoms with E-state index < -0.39 is 0 Å². The Balaban J connectivity index is 1.30. The summed E-state index contributed by atoms with van der Waals surface area (Å²) in [4.78, 5) is 12.3. The zero-order valence-corrected chi connectivity index (χ0v) is 16.2. The minimum absolute atomic E-state index is 0.225. The second-order valence-corrected chi connectivity index (χ2v) is 6.86. The highest BCUT2D eigenvalue weighted by Crippen LogP contribution is 2.09. The molecule has 0 unspecified atom stereocenters. The summed E-state index contributed by atoms with van der Waals surface area (Å²) in [5.41, 5.74) is 4.72. The number of carbonyl (C=O) groups excluding carboxylic acids is 1. The molecule has 146 valence electrons. The monoisotopic (exact) mass is 386 g/mol. The number of nitrogens with one attached hydrogen (secondary N) is 1. The molecule has 1 N–H and O–H groups in total. The number of benzene rings is 2. The number of carbonyl (C=O) groups is 1. The third kappa shape index (κ3) is 4.57. The minimum atomic E-state index is -0.225. The van der Waals surface area contributed by atoms with Crippen molar-refractivity contribution in [1.82, 2.24) is 30.1 Å². The van der Waals surface area contributed by atoms with Gasteiger partial charge in [0, 0.05) is 12.7 Å². The molecule has 2 aromatic carbocycles. The lowest BCUT2D eigenvalue weighted by atomic mass is 10.1. The Labute approximate surface area is 169 Å². The van der Waals surface area contributed by atoms with Crippen LogP contribution in [-0.2, 0) is 13.0 Å². The van der Waals surface area contributed by atoms with Crippen LogP contribution in [0.3, 0.4) is 0 Å². The summed E-state index contributed by atoms with van der Waals surface area (Å²) in [5.74, 6) is -0.225. The van der Waals surface area contributed by atoms with Gasteiger partial charge in [0.2, 0.25) is 0 Å². The van der Waals surface area contributed by atoms with Gasteiger partial charge in [0.15, 0.2) is 5.69 Å². The van der Waals surface area contributed by atoms with Crippen molar-refractivity contribution in [2.24, 2.45) is 0 Å². The molecule has 1 amide bonds. The van der Waals surface area contributed by atoms with Gasteiger partial charge in [-0.15, -0.1) is 5.10 Å². The fraction of sp³-hybridized carbons (Fsp3) is 0.182. The molecular weight excluding hydrogens is 364 g/mol. The van der Waals surface area contributed by atoms with Gasteiger partial charge in [-0.25, -0.2) is 9.36 Å². The standard InChI is InChI=1S/C22H22N6O/c1-17-7-5-6-8-19(17)15-27-16-21(25-26-27)22(29)23-12-11-18-13-24-28(14-18)20-9-3-2-4-10-20/h2-10,13-14,16H,11-12,15H2,1H3,(H,23,29). The van der Waals surface area contributed by atoms with Crippen molar-refractivity contribution >= 4 is 5.91 Å². The lowest BCUT2D eigenvalue weighted by Gasteiger charge is -2.04. The summed E-state index contributed by atoms with van der Waals surface area (Å²) in [5, 5.41) is 15.3. The maximum Gasteiger partial charge on any atom is 0.273 e. The van der Waals surface area contributed by atoms with Gasteiger partial charge >= 0.3 is 0 Å². The van der Waals surface area contributed by atoms with E-state index in [1.807, 2.05) is 65.6 Å². The van der Waals surface area contributed by atoms with Gasteiger partial charge in [0.05, 0.1) is 24.6 Å². The van der Waals surface area contributed by atoms with E-state index >= 15 is 0 Å². The molecule has 0 spiro atoms. The van der Waals surface area contributed by atoms with Crippen molar-refractivity contribution in [3.8, 4) is 5.69 Å². The number of nitrogens with zero attached hydrogens (tertiary/aromatic N) is 5. The molecule has 4 rings (SSSR count). The van der Waals surface area contributed by atoms with Crippen LogP contribution in [0.2, 0.25) is 0 Å². The quantitative estimate of drug-likeness (QED) is 0.530. The fourth-order valence-electron chi connectivity index (χ4n) is 3.06. The Hall–Kier alpha value is -3.74. The Bertz CT molecular complexity index is 1100. The molecule has 29 heavy (non-hydrogen) atoms. The first-order chi connectivity index (χ1) is 14.2. The normalized spacial score (nSPS) is 10.8. The largest absolute Gasteiger partial charge is 0.350 e. The zero-order chi connectivity index (χ0) is 20.1. The first kappa shape index (κ1) is 18.6. The summed E-state index contributed by atoms with van der Waals surface area (Å²) in [7, 11) is 0. The molecule has 0 aliphatic heterocycles. The van der Waals surface area contributed by atoms with Crippen molar-refractivity contribution in [3.05, 3.63) is 95.6 Å². The van der Waals surface area contributed by atoms with E-state index in [2.05, 4.69) is 33.7 Å². The molecule has 4 aromatic rings. The Morgan fingerprint density at radius 1 is 1.03 bits per heavy atom. The zero-order valence-electron chi connectivity index (χ0n) is 16.2. The number of para-hydroxylation sites is 1. The van der Waals surface area contributed by atoms with Crippen molar-refractivity contribution in [3.63, 3.8) is 0 Å². The van der Waals surface area contributed by atoms with Crippen molar-refractivity contribution in [1.29, 1.82) is 0 Å². The first-order valence-corrected chi connectivity index (χ1v) is 9.51. The number of amides is 1. The van der Waals surface area contributed by atoms with Crippen LogP contribution in [-0.4, -0.2) is 37.2 Å². The summed E-state index contributed by atoms with van der Waals surface area (Å²) >= 11 is 0. The van der Waals surface area contributed by atoms with Gasteiger partial charge in [-0.1, -0.05) is 47.7 Å². The molecule has 0 atom stereocenters. The number of hydrogen-bond donors (Lipinski definition) is 1. The molecule has 2 heterocycles. The topological polar surface area (TPSA) is 77.6 Å². The van der Waals surface area contributed by atoms with Crippen LogP contribution < -0.4 is 5.32 Å². The highest BCUT2D eigenvalue weighted by atomic mass is 16.2. The number of rotatable bonds is 7. The number of aryl methyl sites for hydroxylation is 1. The van der Waals surface area contributed by atoms with E-state index in [1.54, 1.807) is 10.9 Å². The molecule has 0 bridgehead atoms. The number of aromatic nitrogens is 5. The molecule has 0 saturated carbocycles. The maximum atomic E-state index is 12.3. The lowest BCUT2D eigenvalue weighted by molar-refractivity contribution is 0.0949. The predicted molar refractivity (Wildman–Crippen MR) is 110 cm³/mol. The molecule has 7 heteroatoms. The SMILES string of the molecule is Cc1ccccc1Cn1cc(C(=O)NCCc2cnn(-c3ccccc3)c2)nn1. The number of hydrogen-bond acceptors (Lipinski definition) is 4. The van der Waals surface area contributed by atoms with E-state index in [-0.39, 0.29) is 5.91 Å². The van der Waals surface area contributed by atoms with Crippen LogP contribution >= 0.6 is 0 Å². The molecular formula is C22H22N6O. The highest BCUT2D eigenvalue weighted by Gasteiger charge is 2.11. The minimum Gasteiger partial charge on any atom is -0.350 e. The van der Waals surface area contributed by atoms with E-state index in [1.165, 1.54) is 5.56 Å². The van der Waals surface area contributed by atoms with Crippen LogP contribution in [0.4, 0.5) is 0 Å². The van der Waals surface area contributed by atoms with Gasteiger partial charge in [-0.05, 0) is 42.2 Å². The third-order valence-corrected chi connectivity index (χ3v) is 4.72. The molecule has 0 aliphatic carbocycles. The molecule has 7 nitrogen and oxygen atoms in total. The highest BCUT2D eigenvalue weighted by molar-refractivity contribution is 5.91. The Morgan fingerprint density at radius 2 is 1.83 bits per heavy atom.